The van der Waals surface area contributed by atoms with E-state index in [1.165, 1.54) is 11.3 Å². The third kappa shape index (κ3) is 3.89. The molecule has 23 heavy (non-hydrogen) atoms. The molecule has 1 amide bonds. The molecule has 1 fully saturated rings. The largest absolute Gasteiger partial charge is 0.384 e. The van der Waals surface area contributed by atoms with Crippen LogP contribution in [0.1, 0.15) is 23.3 Å². The summed E-state index contributed by atoms with van der Waals surface area (Å²) in [4.78, 5) is 19.0. The number of nitrogens with one attached hydrogen (secondary N) is 1. The maximum atomic E-state index is 12.8. The Labute approximate surface area is 140 Å². The molecule has 1 aliphatic heterocycles. The second-order valence-electron chi connectivity index (χ2n) is 5.74. The molecule has 1 atom stereocenters. The van der Waals surface area contributed by atoms with E-state index < -0.39 is 0 Å². The Morgan fingerprint density at radius 3 is 3.04 bits per heavy atom. The second kappa shape index (κ2) is 7.57. The molecule has 0 unspecified atom stereocenters. The van der Waals surface area contributed by atoms with Gasteiger partial charge in [-0.2, -0.15) is 0 Å². The van der Waals surface area contributed by atoms with Crippen LogP contribution < -0.4 is 5.32 Å². The molecule has 0 radical (unpaired) electrons. The zero-order valence-electron chi connectivity index (χ0n) is 13.2. The minimum Gasteiger partial charge on any atom is -0.384 e. The number of methoxy groups -OCH3 is 1. The Morgan fingerprint density at radius 2 is 2.26 bits per heavy atom. The highest BCUT2D eigenvalue weighted by molar-refractivity contribution is 7.14. The van der Waals surface area contributed by atoms with Crippen molar-refractivity contribution in [3.8, 4) is 0 Å². The predicted octanol–water partition coefficient (Wildman–Crippen LogP) is 3.39. The molecule has 1 aliphatic rings. The van der Waals surface area contributed by atoms with Gasteiger partial charge in [-0.05, 0) is 30.9 Å². The molecule has 3 rings (SSSR count). The van der Waals surface area contributed by atoms with E-state index in [9.17, 15) is 4.79 Å². The van der Waals surface area contributed by atoms with Crippen molar-refractivity contribution in [3.63, 3.8) is 0 Å². The minimum absolute atomic E-state index is 0.00508. The fourth-order valence-corrected chi connectivity index (χ4v) is 3.60. The van der Waals surface area contributed by atoms with E-state index >= 15 is 0 Å². The molecular weight excluding hydrogens is 310 g/mol. The molecule has 2 aromatic rings. The zero-order valence-corrected chi connectivity index (χ0v) is 14.0. The van der Waals surface area contributed by atoms with Crippen LogP contribution >= 0.6 is 11.3 Å². The molecule has 122 valence electrons. The van der Waals surface area contributed by atoms with Crippen molar-refractivity contribution in [3.05, 3.63) is 41.5 Å². The average Bonchev–Trinajstić information content (AvgIpc) is 3.04. The van der Waals surface area contributed by atoms with E-state index in [-0.39, 0.29) is 5.91 Å². The third-order valence-corrected chi connectivity index (χ3v) is 4.75. The lowest BCUT2D eigenvalue weighted by Gasteiger charge is -2.32. The first-order valence-corrected chi connectivity index (χ1v) is 8.69. The van der Waals surface area contributed by atoms with Gasteiger partial charge in [-0.15, -0.1) is 11.3 Å². The van der Waals surface area contributed by atoms with Gasteiger partial charge in [0.05, 0.1) is 12.1 Å². The lowest BCUT2D eigenvalue weighted by atomic mass is 9.99. The summed E-state index contributed by atoms with van der Waals surface area (Å²) in [5, 5.41) is 4.09. The SMILES string of the molecule is COC[C@H]1CCCN(C(=O)c2ncsc2Nc2ccccc2)C1. The van der Waals surface area contributed by atoms with Gasteiger partial charge in [-0.25, -0.2) is 4.98 Å². The summed E-state index contributed by atoms with van der Waals surface area (Å²) in [5.74, 6) is 0.423. The summed E-state index contributed by atoms with van der Waals surface area (Å²) < 4.78 is 5.24. The smallest absolute Gasteiger partial charge is 0.275 e. The number of ether oxygens (including phenoxy) is 1. The highest BCUT2D eigenvalue weighted by Gasteiger charge is 2.27. The quantitative estimate of drug-likeness (QED) is 0.912. The topological polar surface area (TPSA) is 54.5 Å². The Morgan fingerprint density at radius 1 is 1.43 bits per heavy atom. The van der Waals surface area contributed by atoms with Crippen LogP contribution in [0.5, 0.6) is 0 Å². The van der Waals surface area contributed by atoms with Gasteiger partial charge >= 0.3 is 0 Å². The fraction of sp³-hybridized carbons (Fsp3) is 0.412. The van der Waals surface area contributed by atoms with Crippen molar-refractivity contribution in [2.24, 2.45) is 5.92 Å². The number of anilines is 2. The molecule has 5 nitrogen and oxygen atoms in total. The fourth-order valence-electron chi connectivity index (χ4n) is 2.91. The van der Waals surface area contributed by atoms with E-state index in [1.807, 2.05) is 35.2 Å². The highest BCUT2D eigenvalue weighted by atomic mass is 32.1. The summed E-state index contributed by atoms with van der Waals surface area (Å²) in [6, 6.07) is 9.84. The summed E-state index contributed by atoms with van der Waals surface area (Å²) in [6.45, 7) is 2.24. The van der Waals surface area contributed by atoms with Gasteiger partial charge in [0.25, 0.3) is 5.91 Å². The number of likely N-dealkylation sites (tertiary alicyclic amines) is 1. The summed E-state index contributed by atoms with van der Waals surface area (Å²) >= 11 is 1.45. The second-order valence-corrected chi connectivity index (χ2v) is 6.59. The number of amides is 1. The first-order valence-electron chi connectivity index (χ1n) is 7.81. The molecule has 1 aromatic heterocycles. The third-order valence-electron chi connectivity index (χ3n) is 4.01. The van der Waals surface area contributed by atoms with Crippen molar-refractivity contribution in [1.29, 1.82) is 0 Å². The number of carbonyl (C=O) groups excluding carboxylic acids is 1. The first-order chi connectivity index (χ1) is 11.3. The number of thiazole rings is 1. The maximum absolute atomic E-state index is 12.8. The normalized spacial score (nSPS) is 18.0. The van der Waals surface area contributed by atoms with Crippen molar-refractivity contribution in [1.82, 2.24) is 9.88 Å². The van der Waals surface area contributed by atoms with Crippen molar-refractivity contribution < 1.29 is 9.53 Å². The van der Waals surface area contributed by atoms with Crippen LogP contribution in [0.3, 0.4) is 0 Å². The Hall–Kier alpha value is -1.92. The number of hydrogen-bond acceptors (Lipinski definition) is 5. The molecule has 2 heterocycles. The molecule has 0 aliphatic carbocycles. The Kier molecular flexibility index (Phi) is 5.25. The van der Waals surface area contributed by atoms with Crippen LogP contribution in [-0.2, 0) is 4.74 Å². The zero-order chi connectivity index (χ0) is 16.1. The van der Waals surface area contributed by atoms with E-state index in [2.05, 4.69) is 10.3 Å². The highest BCUT2D eigenvalue weighted by Crippen LogP contribution is 2.27. The number of rotatable bonds is 5. The number of hydrogen-bond donors (Lipinski definition) is 1. The van der Waals surface area contributed by atoms with Crippen molar-refractivity contribution in [2.75, 3.05) is 32.1 Å². The molecule has 1 aromatic carbocycles. The van der Waals surface area contributed by atoms with Gasteiger partial charge in [0.1, 0.15) is 5.00 Å². The molecule has 0 bridgehead atoms. The number of carbonyl (C=O) groups is 1. The van der Waals surface area contributed by atoms with Crippen LogP contribution in [0.25, 0.3) is 0 Å². The summed E-state index contributed by atoms with van der Waals surface area (Å²) in [7, 11) is 1.71. The monoisotopic (exact) mass is 331 g/mol. The van der Waals surface area contributed by atoms with Crippen molar-refractivity contribution in [2.45, 2.75) is 12.8 Å². The van der Waals surface area contributed by atoms with E-state index in [4.69, 9.17) is 4.74 Å². The maximum Gasteiger partial charge on any atom is 0.275 e. The molecular formula is C17H21N3O2S. The van der Waals surface area contributed by atoms with Crippen molar-refractivity contribution >= 4 is 27.9 Å². The number of aromatic nitrogens is 1. The van der Waals surface area contributed by atoms with Gasteiger partial charge in [-0.1, -0.05) is 18.2 Å². The van der Waals surface area contributed by atoms with Crippen LogP contribution in [0.4, 0.5) is 10.7 Å². The summed E-state index contributed by atoms with van der Waals surface area (Å²) in [5.41, 5.74) is 3.19. The minimum atomic E-state index is 0.00508. The van der Waals surface area contributed by atoms with Gasteiger partial charge < -0.3 is 15.0 Å². The van der Waals surface area contributed by atoms with Gasteiger partial charge in [0.2, 0.25) is 0 Å². The Balaban J connectivity index is 1.72. The van der Waals surface area contributed by atoms with Gasteiger partial charge in [0.15, 0.2) is 5.69 Å². The van der Waals surface area contributed by atoms with Crippen LogP contribution in [-0.4, -0.2) is 42.6 Å². The predicted molar refractivity (Wildman–Crippen MR) is 92.3 cm³/mol. The van der Waals surface area contributed by atoms with Crippen LogP contribution in [0.15, 0.2) is 35.8 Å². The molecule has 1 N–H and O–H groups in total. The molecule has 1 saturated heterocycles. The van der Waals surface area contributed by atoms with Gasteiger partial charge in [0, 0.05) is 25.9 Å². The molecule has 0 spiro atoms. The van der Waals surface area contributed by atoms with E-state index in [1.54, 1.807) is 12.6 Å². The number of nitrogens with zero attached hydrogens (tertiary/aromatic N) is 2. The number of piperidine rings is 1. The molecule has 0 saturated carbocycles. The van der Waals surface area contributed by atoms with E-state index in [0.29, 0.717) is 18.2 Å². The summed E-state index contributed by atoms with van der Waals surface area (Å²) in [6.07, 6.45) is 2.13. The molecule has 6 heteroatoms. The number of para-hydroxylation sites is 1. The van der Waals surface area contributed by atoms with Gasteiger partial charge in [-0.3, -0.25) is 4.79 Å². The lowest BCUT2D eigenvalue weighted by molar-refractivity contribution is 0.0567. The lowest BCUT2D eigenvalue weighted by Crippen LogP contribution is -2.41. The van der Waals surface area contributed by atoms with Crippen LogP contribution in [0.2, 0.25) is 0 Å². The average molecular weight is 331 g/mol. The number of benzene rings is 1. The van der Waals surface area contributed by atoms with Crippen LogP contribution in [0, 0.1) is 5.92 Å². The Bertz CT molecular complexity index is 642. The standard InChI is InChI=1S/C17H21N3O2S/c1-22-11-13-6-5-9-20(10-13)17(21)15-16(23-12-18-15)19-14-7-3-2-4-8-14/h2-4,7-8,12-13,19H,5-6,9-11H2,1H3/t13-/m0/s1. The first kappa shape index (κ1) is 16.0. The van der Waals surface area contributed by atoms with E-state index in [0.717, 1.165) is 36.6 Å².